The Balaban J connectivity index is 2.94. The lowest BCUT2D eigenvalue weighted by molar-refractivity contribution is -0.157. The first-order chi connectivity index (χ1) is 5.94. The molecule has 3 nitrogen and oxygen atoms in total. The van der Waals surface area contributed by atoms with Crippen LogP contribution in [-0.4, -0.2) is 17.4 Å². The van der Waals surface area contributed by atoms with Crippen molar-refractivity contribution < 1.29 is 14.3 Å². The molecular formula is C9H9ClO3. The molecule has 1 rings (SSSR count). The molecule has 13 heavy (non-hydrogen) atoms. The quantitative estimate of drug-likeness (QED) is 0.604. The summed E-state index contributed by atoms with van der Waals surface area (Å²) in [6.07, 6.45) is 4.18. The zero-order valence-electron chi connectivity index (χ0n) is 7.33. The van der Waals surface area contributed by atoms with Crippen molar-refractivity contribution in [3.8, 4) is 0 Å². The van der Waals surface area contributed by atoms with Gasteiger partial charge in [-0.1, -0.05) is 11.6 Å². The van der Waals surface area contributed by atoms with Crippen LogP contribution < -0.4 is 0 Å². The third-order valence-corrected chi connectivity index (χ3v) is 1.89. The van der Waals surface area contributed by atoms with Crippen molar-refractivity contribution in [3.05, 3.63) is 23.3 Å². The molecule has 0 aromatic carbocycles. The molecule has 0 radical (unpaired) electrons. The van der Waals surface area contributed by atoms with Gasteiger partial charge in [-0.05, 0) is 25.2 Å². The number of hydrogen-bond donors (Lipinski definition) is 0. The van der Waals surface area contributed by atoms with E-state index in [0.29, 0.717) is 5.03 Å². The Kier molecular flexibility index (Phi) is 2.57. The van der Waals surface area contributed by atoms with Gasteiger partial charge in [0.15, 0.2) is 5.60 Å². The van der Waals surface area contributed by atoms with E-state index in [1.54, 1.807) is 0 Å². The standard InChI is InChI=1S/C9H9ClO3/c1-6(11)13-9(2)5-7(10)3-4-8(9)12/h3-5H,1-2H3. The lowest BCUT2D eigenvalue weighted by atomic mass is 9.96. The summed E-state index contributed by atoms with van der Waals surface area (Å²) >= 11 is 5.68. The third-order valence-electron chi connectivity index (χ3n) is 1.65. The maximum atomic E-state index is 11.3. The molecule has 1 unspecified atom stereocenters. The molecule has 0 bridgehead atoms. The van der Waals surface area contributed by atoms with Gasteiger partial charge in [0.2, 0.25) is 5.78 Å². The average molecular weight is 201 g/mol. The summed E-state index contributed by atoms with van der Waals surface area (Å²) < 4.78 is 4.86. The maximum absolute atomic E-state index is 11.3. The predicted molar refractivity (Wildman–Crippen MR) is 48.3 cm³/mol. The molecule has 1 aliphatic carbocycles. The number of carbonyl (C=O) groups excluding carboxylic acids is 2. The number of hydrogen-bond acceptors (Lipinski definition) is 3. The monoisotopic (exact) mass is 200 g/mol. The van der Waals surface area contributed by atoms with Gasteiger partial charge in [-0.2, -0.15) is 0 Å². The van der Waals surface area contributed by atoms with Gasteiger partial charge in [0.1, 0.15) is 0 Å². The van der Waals surface area contributed by atoms with E-state index in [4.69, 9.17) is 16.3 Å². The van der Waals surface area contributed by atoms with Crippen molar-refractivity contribution in [2.24, 2.45) is 0 Å². The molecule has 1 aliphatic rings. The smallest absolute Gasteiger partial charge is 0.303 e. The van der Waals surface area contributed by atoms with Gasteiger partial charge in [-0.3, -0.25) is 9.59 Å². The molecule has 0 aromatic heterocycles. The predicted octanol–water partition coefficient (Wildman–Crippen LogP) is 1.57. The van der Waals surface area contributed by atoms with Crippen molar-refractivity contribution in [2.75, 3.05) is 0 Å². The van der Waals surface area contributed by atoms with Crippen molar-refractivity contribution in [1.29, 1.82) is 0 Å². The summed E-state index contributed by atoms with van der Waals surface area (Å²) in [5.74, 6) is -0.793. The normalized spacial score (nSPS) is 27.0. The number of allylic oxidation sites excluding steroid dienone is 2. The molecule has 70 valence electrons. The van der Waals surface area contributed by atoms with Gasteiger partial charge in [0.05, 0.1) is 0 Å². The largest absolute Gasteiger partial charge is 0.447 e. The van der Waals surface area contributed by atoms with Gasteiger partial charge >= 0.3 is 5.97 Å². The molecule has 1 atom stereocenters. The Morgan fingerprint density at radius 3 is 2.69 bits per heavy atom. The number of ether oxygens (including phenoxy) is 1. The second-order valence-corrected chi connectivity index (χ2v) is 3.36. The fourth-order valence-corrected chi connectivity index (χ4v) is 1.35. The van der Waals surface area contributed by atoms with Crippen LogP contribution in [0.4, 0.5) is 0 Å². The average Bonchev–Trinajstić information content (AvgIpc) is 1.95. The Bertz CT molecular complexity index is 317. The van der Waals surface area contributed by atoms with Gasteiger partial charge in [0, 0.05) is 12.0 Å². The van der Waals surface area contributed by atoms with Crippen LogP contribution in [-0.2, 0) is 14.3 Å². The van der Waals surface area contributed by atoms with E-state index in [1.807, 2.05) is 0 Å². The number of esters is 1. The zero-order valence-corrected chi connectivity index (χ0v) is 8.09. The number of halogens is 1. The highest BCUT2D eigenvalue weighted by molar-refractivity contribution is 6.32. The zero-order chi connectivity index (χ0) is 10.1. The van der Waals surface area contributed by atoms with Gasteiger partial charge in [-0.15, -0.1) is 0 Å². The highest BCUT2D eigenvalue weighted by Gasteiger charge is 2.34. The van der Waals surface area contributed by atoms with E-state index in [1.165, 1.54) is 32.1 Å². The van der Waals surface area contributed by atoms with Crippen LogP contribution in [0.25, 0.3) is 0 Å². The van der Waals surface area contributed by atoms with E-state index in [0.717, 1.165) is 0 Å². The van der Waals surface area contributed by atoms with Crippen LogP contribution in [0.5, 0.6) is 0 Å². The van der Waals surface area contributed by atoms with Crippen molar-refractivity contribution in [2.45, 2.75) is 19.4 Å². The summed E-state index contributed by atoms with van der Waals surface area (Å²) in [4.78, 5) is 22.0. The second-order valence-electron chi connectivity index (χ2n) is 2.93. The van der Waals surface area contributed by atoms with E-state index in [9.17, 15) is 9.59 Å². The van der Waals surface area contributed by atoms with Crippen LogP contribution in [0.15, 0.2) is 23.3 Å². The summed E-state index contributed by atoms with van der Waals surface area (Å²) in [6.45, 7) is 2.75. The van der Waals surface area contributed by atoms with E-state index < -0.39 is 11.6 Å². The van der Waals surface area contributed by atoms with Crippen LogP contribution in [0.3, 0.4) is 0 Å². The van der Waals surface area contributed by atoms with Crippen molar-refractivity contribution in [3.63, 3.8) is 0 Å². The fourth-order valence-electron chi connectivity index (χ4n) is 1.08. The minimum absolute atomic E-state index is 0.285. The molecule has 0 amide bonds. The SMILES string of the molecule is CC(=O)OC1(C)C=C(Cl)C=CC1=O. The molecule has 0 heterocycles. The van der Waals surface area contributed by atoms with E-state index >= 15 is 0 Å². The number of ketones is 1. The molecule has 0 aliphatic heterocycles. The van der Waals surface area contributed by atoms with Crippen LogP contribution in [0, 0.1) is 0 Å². The molecular weight excluding hydrogens is 192 g/mol. The van der Waals surface area contributed by atoms with Crippen LogP contribution >= 0.6 is 11.6 Å². The highest BCUT2D eigenvalue weighted by Crippen LogP contribution is 2.23. The summed E-state index contributed by atoms with van der Waals surface area (Å²) in [5, 5.41) is 0.392. The summed E-state index contributed by atoms with van der Waals surface area (Å²) in [6, 6.07) is 0. The first kappa shape index (κ1) is 9.99. The second kappa shape index (κ2) is 3.34. The Labute approximate surface area is 81.0 Å². The first-order valence-corrected chi connectivity index (χ1v) is 4.12. The summed E-state index contributed by atoms with van der Waals surface area (Å²) in [5.41, 5.74) is -1.24. The maximum Gasteiger partial charge on any atom is 0.303 e. The molecule has 0 fully saturated rings. The molecule has 4 heteroatoms. The third kappa shape index (κ3) is 2.18. The van der Waals surface area contributed by atoms with Gasteiger partial charge < -0.3 is 4.74 Å². The van der Waals surface area contributed by atoms with Gasteiger partial charge in [-0.25, -0.2) is 0 Å². The highest BCUT2D eigenvalue weighted by atomic mass is 35.5. The fraction of sp³-hybridized carbons (Fsp3) is 0.333. The lowest BCUT2D eigenvalue weighted by Crippen LogP contribution is -2.38. The van der Waals surface area contributed by atoms with Gasteiger partial charge in [0.25, 0.3) is 0 Å². The first-order valence-electron chi connectivity index (χ1n) is 3.74. The lowest BCUT2D eigenvalue weighted by Gasteiger charge is -2.24. The molecule has 0 aromatic rings. The molecule has 0 N–H and O–H groups in total. The summed E-state index contributed by atoms with van der Waals surface area (Å²) in [7, 11) is 0. The van der Waals surface area contributed by atoms with Crippen LogP contribution in [0.1, 0.15) is 13.8 Å². The molecule has 0 spiro atoms. The van der Waals surface area contributed by atoms with Crippen molar-refractivity contribution in [1.82, 2.24) is 0 Å². The Morgan fingerprint density at radius 1 is 1.54 bits per heavy atom. The van der Waals surface area contributed by atoms with Crippen molar-refractivity contribution >= 4 is 23.4 Å². The van der Waals surface area contributed by atoms with E-state index in [2.05, 4.69) is 0 Å². The number of rotatable bonds is 1. The van der Waals surface area contributed by atoms with E-state index in [-0.39, 0.29) is 5.78 Å². The topological polar surface area (TPSA) is 43.4 Å². The molecule has 0 saturated carbocycles. The minimum atomic E-state index is -1.24. The Hall–Kier alpha value is -1.09. The minimum Gasteiger partial charge on any atom is -0.447 e. The molecule has 0 saturated heterocycles. The number of carbonyl (C=O) groups is 2. The Morgan fingerprint density at radius 2 is 2.15 bits per heavy atom. The van der Waals surface area contributed by atoms with Crippen LogP contribution in [0.2, 0.25) is 0 Å².